The van der Waals surface area contributed by atoms with E-state index in [-0.39, 0.29) is 5.91 Å². The zero-order chi connectivity index (χ0) is 14.9. The molecule has 0 unspecified atom stereocenters. The first-order chi connectivity index (χ1) is 10.3. The molecule has 4 nitrogen and oxygen atoms in total. The Balaban J connectivity index is 1.55. The van der Waals surface area contributed by atoms with Crippen LogP contribution in [0.5, 0.6) is 5.75 Å². The summed E-state index contributed by atoms with van der Waals surface area (Å²) in [5.74, 6) is 1.65. The first kappa shape index (κ1) is 15.8. The summed E-state index contributed by atoms with van der Waals surface area (Å²) >= 11 is 0. The molecule has 0 radical (unpaired) electrons. The van der Waals surface area contributed by atoms with Crippen molar-refractivity contribution in [2.24, 2.45) is 5.92 Å². The van der Waals surface area contributed by atoms with Gasteiger partial charge >= 0.3 is 0 Å². The van der Waals surface area contributed by atoms with Gasteiger partial charge in [0.25, 0.3) is 0 Å². The molecule has 2 rings (SSSR count). The van der Waals surface area contributed by atoms with Crippen molar-refractivity contribution in [2.45, 2.75) is 32.1 Å². The minimum Gasteiger partial charge on any atom is -0.497 e. The van der Waals surface area contributed by atoms with E-state index in [2.05, 4.69) is 17.4 Å². The molecule has 1 aromatic rings. The van der Waals surface area contributed by atoms with Crippen LogP contribution in [0.25, 0.3) is 0 Å². The third-order valence-corrected chi connectivity index (χ3v) is 3.93. The summed E-state index contributed by atoms with van der Waals surface area (Å²) in [4.78, 5) is 11.7. The molecular formula is C17H25NO3. The molecule has 0 spiro atoms. The predicted octanol–water partition coefficient (Wildman–Crippen LogP) is 2.56. The molecule has 0 bridgehead atoms. The van der Waals surface area contributed by atoms with Gasteiger partial charge < -0.3 is 14.8 Å². The van der Waals surface area contributed by atoms with E-state index in [4.69, 9.17) is 9.47 Å². The monoisotopic (exact) mass is 291 g/mol. The van der Waals surface area contributed by atoms with E-state index in [0.29, 0.717) is 12.3 Å². The standard InChI is InChI=1S/C17H25NO3/c1-20-16-7-5-14(6-8-16)3-2-4-17(19)18-11-9-15-10-12-21-13-15/h5-8,15H,2-4,9-13H2,1H3,(H,18,19)/t15-/m1/s1. The van der Waals surface area contributed by atoms with Gasteiger partial charge in [-0.15, -0.1) is 0 Å². The number of amides is 1. The van der Waals surface area contributed by atoms with E-state index in [0.717, 1.165) is 51.2 Å². The number of benzene rings is 1. The van der Waals surface area contributed by atoms with Gasteiger partial charge in [0.1, 0.15) is 5.75 Å². The van der Waals surface area contributed by atoms with Crippen molar-refractivity contribution >= 4 is 5.91 Å². The van der Waals surface area contributed by atoms with Crippen LogP contribution in [0.15, 0.2) is 24.3 Å². The highest BCUT2D eigenvalue weighted by molar-refractivity contribution is 5.75. The lowest BCUT2D eigenvalue weighted by atomic mass is 10.1. The number of methoxy groups -OCH3 is 1. The molecule has 1 N–H and O–H groups in total. The zero-order valence-corrected chi connectivity index (χ0v) is 12.8. The molecule has 0 aromatic heterocycles. The SMILES string of the molecule is COc1ccc(CCCC(=O)NCC[C@@H]2CCOC2)cc1. The maximum atomic E-state index is 11.7. The Hall–Kier alpha value is -1.55. The smallest absolute Gasteiger partial charge is 0.220 e. The fourth-order valence-electron chi connectivity index (χ4n) is 2.56. The maximum Gasteiger partial charge on any atom is 0.220 e. The highest BCUT2D eigenvalue weighted by atomic mass is 16.5. The van der Waals surface area contributed by atoms with Gasteiger partial charge in [0.15, 0.2) is 0 Å². The topological polar surface area (TPSA) is 47.6 Å². The number of carbonyl (C=O) groups excluding carboxylic acids is 1. The minimum absolute atomic E-state index is 0.155. The Morgan fingerprint density at radius 2 is 2.19 bits per heavy atom. The highest BCUT2D eigenvalue weighted by Crippen LogP contribution is 2.15. The molecule has 1 atom stereocenters. The number of nitrogens with one attached hydrogen (secondary N) is 1. The summed E-state index contributed by atoms with van der Waals surface area (Å²) < 4.78 is 10.4. The Morgan fingerprint density at radius 1 is 1.38 bits per heavy atom. The van der Waals surface area contributed by atoms with Crippen molar-refractivity contribution in [3.63, 3.8) is 0 Å². The Labute approximate surface area is 126 Å². The Bertz CT molecular complexity index is 424. The lowest BCUT2D eigenvalue weighted by Crippen LogP contribution is -2.25. The zero-order valence-electron chi connectivity index (χ0n) is 12.8. The van der Waals surface area contributed by atoms with Crippen LogP contribution in [-0.4, -0.2) is 32.8 Å². The molecule has 0 saturated carbocycles. The molecule has 1 heterocycles. The summed E-state index contributed by atoms with van der Waals surface area (Å²) in [5, 5.41) is 3.00. The third kappa shape index (κ3) is 5.76. The lowest BCUT2D eigenvalue weighted by molar-refractivity contribution is -0.121. The average Bonchev–Trinajstić information content (AvgIpc) is 3.01. The molecule has 116 valence electrons. The Morgan fingerprint density at radius 3 is 2.86 bits per heavy atom. The molecule has 1 aliphatic rings. The molecule has 0 aliphatic carbocycles. The van der Waals surface area contributed by atoms with Crippen molar-refractivity contribution in [3.8, 4) is 5.75 Å². The highest BCUT2D eigenvalue weighted by Gasteiger charge is 2.15. The van der Waals surface area contributed by atoms with E-state index in [9.17, 15) is 4.79 Å². The molecule has 1 aromatic carbocycles. The van der Waals surface area contributed by atoms with Crippen LogP contribution in [0.1, 0.15) is 31.2 Å². The van der Waals surface area contributed by atoms with Crippen LogP contribution in [0.4, 0.5) is 0 Å². The summed E-state index contributed by atoms with van der Waals surface area (Å²) in [6, 6.07) is 8.02. The van der Waals surface area contributed by atoms with Crippen LogP contribution in [0.3, 0.4) is 0 Å². The van der Waals surface area contributed by atoms with E-state index >= 15 is 0 Å². The quantitative estimate of drug-likeness (QED) is 0.801. The maximum absolute atomic E-state index is 11.7. The molecule has 1 saturated heterocycles. The van der Waals surface area contributed by atoms with Crippen LogP contribution < -0.4 is 10.1 Å². The number of aryl methyl sites for hydroxylation is 1. The third-order valence-electron chi connectivity index (χ3n) is 3.93. The first-order valence-corrected chi connectivity index (χ1v) is 7.75. The van der Waals surface area contributed by atoms with Crippen molar-refractivity contribution in [2.75, 3.05) is 26.9 Å². The lowest BCUT2D eigenvalue weighted by Gasteiger charge is -2.09. The van der Waals surface area contributed by atoms with E-state index < -0.39 is 0 Å². The van der Waals surface area contributed by atoms with Gasteiger partial charge in [-0.05, 0) is 49.3 Å². The summed E-state index contributed by atoms with van der Waals surface area (Å²) in [5.41, 5.74) is 1.24. The number of carbonyl (C=O) groups is 1. The van der Waals surface area contributed by atoms with Crippen molar-refractivity contribution < 1.29 is 14.3 Å². The molecule has 1 amide bonds. The molecule has 1 fully saturated rings. The van der Waals surface area contributed by atoms with Gasteiger partial charge in [-0.3, -0.25) is 4.79 Å². The van der Waals surface area contributed by atoms with Crippen molar-refractivity contribution in [3.05, 3.63) is 29.8 Å². The van der Waals surface area contributed by atoms with Gasteiger partial charge in [0, 0.05) is 26.2 Å². The van der Waals surface area contributed by atoms with E-state index in [1.54, 1.807) is 7.11 Å². The first-order valence-electron chi connectivity index (χ1n) is 7.75. The van der Waals surface area contributed by atoms with Crippen LogP contribution >= 0.6 is 0 Å². The second-order valence-corrected chi connectivity index (χ2v) is 5.57. The van der Waals surface area contributed by atoms with Crippen LogP contribution in [-0.2, 0) is 16.0 Å². The fraction of sp³-hybridized carbons (Fsp3) is 0.588. The number of rotatable bonds is 8. The largest absolute Gasteiger partial charge is 0.497 e. The normalized spacial score (nSPS) is 17.7. The number of hydrogen-bond donors (Lipinski definition) is 1. The minimum atomic E-state index is 0.155. The Kier molecular flexibility index (Phi) is 6.54. The van der Waals surface area contributed by atoms with Gasteiger partial charge in [-0.1, -0.05) is 12.1 Å². The van der Waals surface area contributed by atoms with Gasteiger partial charge in [0.05, 0.1) is 7.11 Å². The summed E-state index contributed by atoms with van der Waals surface area (Å²) in [7, 11) is 1.66. The summed E-state index contributed by atoms with van der Waals surface area (Å²) in [6.07, 6.45) is 4.56. The molecule has 21 heavy (non-hydrogen) atoms. The second kappa shape index (κ2) is 8.67. The van der Waals surface area contributed by atoms with Gasteiger partial charge in [-0.2, -0.15) is 0 Å². The summed E-state index contributed by atoms with van der Waals surface area (Å²) in [6.45, 7) is 2.50. The van der Waals surface area contributed by atoms with E-state index in [1.165, 1.54) is 5.56 Å². The molecule has 4 heteroatoms. The van der Waals surface area contributed by atoms with Crippen molar-refractivity contribution in [1.29, 1.82) is 0 Å². The molecular weight excluding hydrogens is 266 g/mol. The number of ether oxygens (including phenoxy) is 2. The van der Waals surface area contributed by atoms with E-state index in [1.807, 2.05) is 12.1 Å². The molecule has 1 aliphatic heterocycles. The van der Waals surface area contributed by atoms with Gasteiger partial charge in [0.2, 0.25) is 5.91 Å². The second-order valence-electron chi connectivity index (χ2n) is 5.57. The average molecular weight is 291 g/mol. The van der Waals surface area contributed by atoms with Gasteiger partial charge in [-0.25, -0.2) is 0 Å². The van der Waals surface area contributed by atoms with Crippen LogP contribution in [0.2, 0.25) is 0 Å². The van der Waals surface area contributed by atoms with Crippen LogP contribution in [0, 0.1) is 5.92 Å². The van der Waals surface area contributed by atoms with Crippen molar-refractivity contribution in [1.82, 2.24) is 5.32 Å². The fourth-order valence-corrected chi connectivity index (χ4v) is 2.56. The number of hydrogen-bond acceptors (Lipinski definition) is 3. The predicted molar refractivity (Wildman–Crippen MR) is 82.5 cm³/mol.